The Labute approximate surface area is 165 Å². The lowest BCUT2D eigenvalue weighted by Gasteiger charge is -2.32. The van der Waals surface area contributed by atoms with Gasteiger partial charge in [-0.15, -0.1) is 0 Å². The zero-order valence-electron chi connectivity index (χ0n) is 16.6. The van der Waals surface area contributed by atoms with Gasteiger partial charge in [-0.1, -0.05) is 19.9 Å². The second-order valence-electron chi connectivity index (χ2n) is 8.19. The van der Waals surface area contributed by atoms with Crippen LogP contribution in [0.2, 0.25) is 0 Å². The number of aliphatic hydroxyl groups is 2. The summed E-state index contributed by atoms with van der Waals surface area (Å²) in [7, 11) is 0. The van der Waals surface area contributed by atoms with E-state index < -0.39 is 36.1 Å². The first-order valence-electron chi connectivity index (χ1n) is 9.98. The normalized spacial score (nSPS) is 27.0. The summed E-state index contributed by atoms with van der Waals surface area (Å²) in [5, 5.41) is 27.9. The Kier molecular flexibility index (Phi) is 7.97. The van der Waals surface area contributed by atoms with Crippen molar-refractivity contribution < 1.29 is 29.9 Å². The topological polar surface area (TPSA) is 158 Å². The molecule has 1 aliphatic heterocycles. The van der Waals surface area contributed by atoms with Crippen LogP contribution in [-0.4, -0.2) is 65.3 Å². The molecule has 0 radical (unpaired) electrons. The number of piperidine rings is 1. The molecule has 1 heterocycles. The van der Waals surface area contributed by atoms with Crippen LogP contribution in [-0.2, 0) is 14.4 Å². The molecule has 0 aromatic heterocycles. The highest BCUT2D eigenvalue weighted by Crippen LogP contribution is 2.21. The zero-order chi connectivity index (χ0) is 20.8. The van der Waals surface area contributed by atoms with Gasteiger partial charge in [0.25, 0.3) is 0 Å². The Morgan fingerprint density at radius 1 is 1.25 bits per heavy atom. The maximum absolute atomic E-state index is 12.6. The first-order valence-corrected chi connectivity index (χ1v) is 9.98. The fourth-order valence-electron chi connectivity index (χ4n) is 3.70. The number of aliphatic hydroxyl groups excluding tert-OH is 2. The number of nitrogens with one attached hydrogen (secondary N) is 2. The number of rotatable bonds is 7. The highest BCUT2D eigenvalue weighted by atomic mass is 16.3. The average Bonchev–Trinajstić information content (AvgIpc) is 2.64. The molecular formula is C19H33N4O5+. The van der Waals surface area contributed by atoms with Crippen LogP contribution in [0.15, 0.2) is 11.6 Å². The molecule has 28 heavy (non-hydrogen) atoms. The summed E-state index contributed by atoms with van der Waals surface area (Å²) in [6.07, 6.45) is 0.926. The molecule has 1 saturated heterocycles. The lowest BCUT2D eigenvalue weighted by molar-refractivity contribution is -0.664. The van der Waals surface area contributed by atoms with Crippen molar-refractivity contribution >= 4 is 17.7 Å². The monoisotopic (exact) mass is 397 g/mol. The third-order valence-electron chi connectivity index (χ3n) is 5.34. The minimum Gasteiger partial charge on any atom is -0.390 e. The van der Waals surface area contributed by atoms with Gasteiger partial charge in [0, 0.05) is 30.8 Å². The van der Waals surface area contributed by atoms with E-state index in [0.717, 1.165) is 25.9 Å². The van der Waals surface area contributed by atoms with Gasteiger partial charge in [-0.25, -0.2) is 0 Å². The number of amides is 3. The van der Waals surface area contributed by atoms with Crippen LogP contribution in [0.25, 0.3) is 0 Å². The van der Waals surface area contributed by atoms with Crippen molar-refractivity contribution in [3.63, 3.8) is 0 Å². The van der Waals surface area contributed by atoms with Crippen LogP contribution in [0, 0.1) is 11.8 Å². The van der Waals surface area contributed by atoms with Crippen LogP contribution in [0.5, 0.6) is 0 Å². The van der Waals surface area contributed by atoms with E-state index in [4.69, 9.17) is 5.73 Å². The molecular weight excluding hydrogens is 364 g/mol. The van der Waals surface area contributed by atoms with Gasteiger partial charge < -0.3 is 31.9 Å². The van der Waals surface area contributed by atoms with Gasteiger partial charge in [-0.05, 0) is 12.3 Å². The molecule has 158 valence electrons. The fourth-order valence-corrected chi connectivity index (χ4v) is 3.70. The van der Waals surface area contributed by atoms with Crippen molar-refractivity contribution in [1.82, 2.24) is 10.6 Å². The molecule has 0 spiro atoms. The van der Waals surface area contributed by atoms with Gasteiger partial charge in [-0.3, -0.25) is 14.4 Å². The van der Waals surface area contributed by atoms with Crippen molar-refractivity contribution in [3.8, 4) is 0 Å². The van der Waals surface area contributed by atoms with Gasteiger partial charge in [0.2, 0.25) is 17.7 Å². The summed E-state index contributed by atoms with van der Waals surface area (Å²) in [6.45, 7) is 5.58. The van der Waals surface area contributed by atoms with Crippen molar-refractivity contribution in [2.45, 2.75) is 63.8 Å². The van der Waals surface area contributed by atoms with Crippen molar-refractivity contribution in [2.75, 3.05) is 13.1 Å². The molecule has 0 aromatic rings. The summed E-state index contributed by atoms with van der Waals surface area (Å²) in [5.41, 5.74) is 5.58. The van der Waals surface area contributed by atoms with Gasteiger partial charge in [0.05, 0.1) is 25.2 Å². The summed E-state index contributed by atoms with van der Waals surface area (Å²) in [4.78, 5) is 36.7. The molecule has 1 aliphatic carbocycles. The Morgan fingerprint density at radius 2 is 1.89 bits per heavy atom. The number of nitrogens with two attached hydrogens (primary N) is 2. The first kappa shape index (κ1) is 22.3. The maximum atomic E-state index is 12.6. The van der Waals surface area contributed by atoms with Crippen molar-refractivity contribution in [1.29, 1.82) is 0 Å². The molecule has 4 atom stereocenters. The molecule has 0 bridgehead atoms. The second kappa shape index (κ2) is 9.99. The molecule has 0 saturated carbocycles. The summed E-state index contributed by atoms with van der Waals surface area (Å²) in [6, 6.07) is -1.68. The lowest BCUT2D eigenvalue weighted by Crippen LogP contribution is -2.86. The molecule has 0 aromatic carbocycles. The van der Waals surface area contributed by atoms with Crippen LogP contribution < -0.4 is 21.7 Å². The molecule has 0 unspecified atom stereocenters. The predicted molar refractivity (Wildman–Crippen MR) is 102 cm³/mol. The minimum atomic E-state index is -1.20. The van der Waals surface area contributed by atoms with Crippen LogP contribution in [0.4, 0.5) is 0 Å². The fraction of sp³-hybridized carbons (Fsp3) is 0.737. The summed E-state index contributed by atoms with van der Waals surface area (Å²) >= 11 is 0. The maximum Gasteiger partial charge on any atom is 0.247 e. The number of quaternary nitrogens is 1. The number of hydrogen-bond donors (Lipinski definition) is 6. The third-order valence-corrected chi connectivity index (χ3v) is 5.34. The molecule has 3 amide bonds. The van der Waals surface area contributed by atoms with Gasteiger partial charge in [0.15, 0.2) is 0 Å². The number of primary amides is 1. The average molecular weight is 397 g/mol. The Bertz CT molecular complexity index is 615. The highest BCUT2D eigenvalue weighted by molar-refractivity contribution is 5.97. The quantitative estimate of drug-likeness (QED) is 0.280. The van der Waals surface area contributed by atoms with E-state index in [2.05, 4.69) is 16.0 Å². The lowest BCUT2D eigenvalue weighted by atomic mass is 9.88. The summed E-state index contributed by atoms with van der Waals surface area (Å²) in [5.74, 6) is -1.31. The molecule has 9 heteroatoms. The van der Waals surface area contributed by atoms with Crippen LogP contribution in [0.3, 0.4) is 0 Å². The minimum absolute atomic E-state index is 0.0646. The number of carbonyl (C=O) groups is 3. The molecule has 9 nitrogen and oxygen atoms in total. The molecule has 1 fully saturated rings. The molecule has 2 aliphatic rings. The third kappa shape index (κ3) is 6.02. The van der Waals surface area contributed by atoms with Gasteiger partial charge >= 0.3 is 0 Å². The molecule has 2 rings (SSSR count). The largest absolute Gasteiger partial charge is 0.390 e. The number of hydrogen-bond acceptors (Lipinski definition) is 5. The Balaban J connectivity index is 2.07. The van der Waals surface area contributed by atoms with E-state index >= 15 is 0 Å². The molecule has 8 N–H and O–H groups in total. The standard InChI is InChI=1S/C19H32N4O5/c1-10(2)7-14(17(20)26)23-19(28)12-8-13(16(25)15(24)9-12)22-18(27)11-3-5-21-6-4-11/h8,10-11,13-16,21,24-25H,3-7,9H2,1-2H3,(H2,20,26)(H,22,27)(H,23,28)/p+1/t13-,14-,15-,16-/m1/s1. The SMILES string of the molecule is CC(C)C[C@@H](NC(=O)C1=C[C@@H](NC(=O)C2CC[NH2+]CC2)[C@@H](O)[C@H](O)C1)C(N)=O. The predicted octanol–water partition coefficient (Wildman–Crippen LogP) is -2.49. The van der Waals surface area contributed by atoms with Gasteiger partial charge in [0.1, 0.15) is 12.1 Å². The Hall–Kier alpha value is -1.97. The Morgan fingerprint density at radius 3 is 2.46 bits per heavy atom. The zero-order valence-corrected chi connectivity index (χ0v) is 16.6. The van der Waals surface area contributed by atoms with E-state index in [1.807, 2.05) is 13.8 Å². The van der Waals surface area contributed by atoms with Crippen LogP contribution in [0.1, 0.15) is 39.5 Å². The second-order valence-corrected chi connectivity index (χ2v) is 8.19. The van der Waals surface area contributed by atoms with E-state index in [1.54, 1.807) is 0 Å². The van der Waals surface area contributed by atoms with E-state index in [1.165, 1.54) is 6.08 Å². The van der Waals surface area contributed by atoms with E-state index in [9.17, 15) is 24.6 Å². The van der Waals surface area contributed by atoms with Gasteiger partial charge in [-0.2, -0.15) is 0 Å². The smallest absolute Gasteiger partial charge is 0.247 e. The summed E-state index contributed by atoms with van der Waals surface area (Å²) < 4.78 is 0. The van der Waals surface area contributed by atoms with Crippen molar-refractivity contribution in [3.05, 3.63) is 11.6 Å². The van der Waals surface area contributed by atoms with Crippen LogP contribution >= 0.6 is 0 Å². The highest BCUT2D eigenvalue weighted by Gasteiger charge is 2.36. The first-order chi connectivity index (χ1) is 13.2. The van der Waals surface area contributed by atoms with E-state index in [0.29, 0.717) is 6.42 Å². The van der Waals surface area contributed by atoms with E-state index in [-0.39, 0.29) is 29.7 Å². The number of carbonyl (C=O) groups excluding carboxylic acids is 3. The van der Waals surface area contributed by atoms with Crippen molar-refractivity contribution in [2.24, 2.45) is 17.6 Å².